The van der Waals surface area contributed by atoms with Crippen molar-refractivity contribution < 1.29 is 14.7 Å². The first-order chi connectivity index (χ1) is 9.59. The number of rotatable bonds is 10. The Morgan fingerprint density at radius 3 is 2.15 bits per heavy atom. The van der Waals surface area contributed by atoms with Crippen molar-refractivity contribution in [1.82, 2.24) is 0 Å². The Labute approximate surface area is 128 Å². The number of aliphatic carboxylic acids is 1. The van der Waals surface area contributed by atoms with Crippen LogP contribution < -0.4 is 0 Å². The molecule has 4 heteroatoms. The number of carboxylic acids is 1. The van der Waals surface area contributed by atoms with E-state index in [-0.39, 0.29) is 12.2 Å². The summed E-state index contributed by atoms with van der Waals surface area (Å²) in [6.45, 7) is 0. The van der Waals surface area contributed by atoms with Crippen LogP contribution in [0.4, 0.5) is 0 Å². The minimum atomic E-state index is -0.718. The lowest BCUT2D eigenvalue weighted by Gasteiger charge is -2.02. The molecule has 0 radical (unpaired) electrons. The molecule has 1 aromatic rings. The number of unbranched alkanes of at least 4 members (excludes halogenated alkanes) is 5. The van der Waals surface area contributed by atoms with Crippen molar-refractivity contribution in [3.05, 3.63) is 34.3 Å². The maximum atomic E-state index is 11.9. The fourth-order valence-corrected chi connectivity index (χ4v) is 2.47. The van der Waals surface area contributed by atoms with Crippen LogP contribution in [0.2, 0.25) is 0 Å². The average molecular weight is 341 g/mol. The smallest absolute Gasteiger partial charge is 0.303 e. The van der Waals surface area contributed by atoms with Crippen molar-refractivity contribution in [2.75, 3.05) is 0 Å². The van der Waals surface area contributed by atoms with Crippen LogP contribution in [0.25, 0.3) is 0 Å². The summed E-state index contributed by atoms with van der Waals surface area (Å²) in [6, 6.07) is 7.49. The summed E-state index contributed by atoms with van der Waals surface area (Å²) in [7, 11) is 0. The largest absolute Gasteiger partial charge is 0.481 e. The molecule has 110 valence electrons. The highest BCUT2D eigenvalue weighted by atomic mass is 79.9. The molecule has 0 atom stereocenters. The molecule has 1 rings (SSSR count). The topological polar surface area (TPSA) is 54.4 Å². The third-order valence-corrected chi connectivity index (χ3v) is 3.68. The maximum absolute atomic E-state index is 11.9. The van der Waals surface area contributed by atoms with Crippen molar-refractivity contribution in [2.24, 2.45) is 0 Å². The lowest BCUT2D eigenvalue weighted by atomic mass is 10.0. The molecule has 0 amide bonds. The van der Waals surface area contributed by atoms with Gasteiger partial charge < -0.3 is 5.11 Å². The number of carbonyl (C=O) groups excluding carboxylic acids is 1. The SMILES string of the molecule is O=C(O)CCCCCCCCC(=O)c1cccc(Br)c1. The number of halogens is 1. The van der Waals surface area contributed by atoms with Gasteiger partial charge in [0.1, 0.15) is 0 Å². The molecule has 0 aliphatic carbocycles. The van der Waals surface area contributed by atoms with Crippen molar-refractivity contribution in [1.29, 1.82) is 0 Å². The van der Waals surface area contributed by atoms with E-state index in [2.05, 4.69) is 15.9 Å². The standard InChI is InChI=1S/C16H21BrO3/c17-14-9-7-8-13(12-14)15(18)10-5-3-1-2-4-6-11-16(19)20/h7-9,12H,1-6,10-11H2,(H,19,20). The van der Waals surface area contributed by atoms with E-state index in [1.165, 1.54) is 0 Å². The Bertz CT molecular complexity index is 443. The van der Waals surface area contributed by atoms with E-state index in [0.29, 0.717) is 6.42 Å². The van der Waals surface area contributed by atoms with Crippen LogP contribution in [0.1, 0.15) is 61.7 Å². The van der Waals surface area contributed by atoms with Gasteiger partial charge in [-0.2, -0.15) is 0 Å². The van der Waals surface area contributed by atoms with Crippen LogP contribution in [0, 0.1) is 0 Å². The van der Waals surface area contributed by atoms with Crippen molar-refractivity contribution in [3.8, 4) is 0 Å². The van der Waals surface area contributed by atoms with E-state index < -0.39 is 5.97 Å². The first kappa shape index (κ1) is 16.9. The molecule has 3 nitrogen and oxygen atoms in total. The van der Waals surface area contributed by atoms with E-state index in [0.717, 1.165) is 48.6 Å². The molecule has 0 aliphatic heterocycles. The van der Waals surface area contributed by atoms with Gasteiger partial charge in [0.05, 0.1) is 0 Å². The van der Waals surface area contributed by atoms with E-state index in [1.807, 2.05) is 24.3 Å². The van der Waals surface area contributed by atoms with Gasteiger partial charge in [-0.3, -0.25) is 9.59 Å². The van der Waals surface area contributed by atoms with Crippen LogP contribution in [-0.2, 0) is 4.79 Å². The van der Waals surface area contributed by atoms with Gasteiger partial charge >= 0.3 is 5.97 Å². The summed E-state index contributed by atoms with van der Waals surface area (Å²) < 4.78 is 0.932. The number of hydrogen-bond acceptors (Lipinski definition) is 2. The summed E-state index contributed by atoms with van der Waals surface area (Å²) in [5, 5.41) is 8.50. The first-order valence-electron chi connectivity index (χ1n) is 7.10. The van der Waals surface area contributed by atoms with Crippen LogP contribution in [-0.4, -0.2) is 16.9 Å². The number of hydrogen-bond donors (Lipinski definition) is 1. The Kier molecular flexibility index (Phi) is 8.19. The molecule has 0 heterocycles. The fraction of sp³-hybridized carbons (Fsp3) is 0.500. The Balaban J connectivity index is 2.06. The molecule has 0 unspecified atom stereocenters. The molecular weight excluding hydrogens is 320 g/mol. The fourth-order valence-electron chi connectivity index (χ4n) is 2.08. The van der Waals surface area contributed by atoms with E-state index in [1.54, 1.807) is 0 Å². The van der Waals surface area contributed by atoms with Crippen molar-refractivity contribution >= 4 is 27.7 Å². The second-order valence-electron chi connectivity index (χ2n) is 4.95. The van der Waals surface area contributed by atoms with Gasteiger partial charge in [-0.25, -0.2) is 0 Å². The van der Waals surface area contributed by atoms with Crippen LogP contribution in [0.3, 0.4) is 0 Å². The van der Waals surface area contributed by atoms with Crippen LogP contribution in [0.5, 0.6) is 0 Å². The molecule has 0 fully saturated rings. The monoisotopic (exact) mass is 340 g/mol. The zero-order valence-electron chi connectivity index (χ0n) is 11.6. The van der Waals surface area contributed by atoms with E-state index in [4.69, 9.17) is 5.11 Å². The number of benzene rings is 1. The van der Waals surface area contributed by atoms with Gasteiger partial charge in [-0.05, 0) is 25.0 Å². The van der Waals surface area contributed by atoms with Gasteiger partial charge in [0.2, 0.25) is 0 Å². The number of carbonyl (C=O) groups is 2. The van der Waals surface area contributed by atoms with E-state index >= 15 is 0 Å². The number of Topliss-reactive ketones (excluding diaryl/α,β-unsaturated/α-hetero) is 1. The van der Waals surface area contributed by atoms with Crippen molar-refractivity contribution in [2.45, 2.75) is 51.4 Å². The summed E-state index contributed by atoms with van der Waals surface area (Å²) in [5.41, 5.74) is 0.765. The molecule has 1 aromatic carbocycles. The van der Waals surface area contributed by atoms with Gasteiger partial charge in [-0.15, -0.1) is 0 Å². The highest BCUT2D eigenvalue weighted by Gasteiger charge is 2.05. The van der Waals surface area contributed by atoms with Crippen LogP contribution >= 0.6 is 15.9 Å². The highest BCUT2D eigenvalue weighted by Crippen LogP contribution is 2.15. The minimum absolute atomic E-state index is 0.192. The molecule has 0 saturated heterocycles. The van der Waals surface area contributed by atoms with Crippen LogP contribution in [0.15, 0.2) is 28.7 Å². The molecule has 0 bridgehead atoms. The third-order valence-electron chi connectivity index (χ3n) is 3.19. The normalized spacial score (nSPS) is 10.4. The molecule has 0 aliphatic rings. The van der Waals surface area contributed by atoms with Crippen molar-refractivity contribution in [3.63, 3.8) is 0 Å². The predicted octanol–water partition coefficient (Wildman–Crippen LogP) is 4.84. The molecule has 0 aromatic heterocycles. The molecule has 20 heavy (non-hydrogen) atoms. The average Bonchev–Trinajstić information content (AvgIpc) is 2.41. The number of carboxylic acid groups (broad SMARTS) is 1. The second-order valence-corrected chi connectivity index (χ2v) is 5.86. The lowest BCUT2D eigenvalue weighted by Crippen LogP contribution is -1.98. The summed E-state index contributed by atoms with van der Waals surface area (Å²) in [5.74, 6) is -0.526. The maximum Gasteiger partial charge on any atom is 0.303 e. The Morgan fingerprint density at radius 1 is 0.950 bits per heavy atom. The van der Waals surface area contributed by atoms with Gasteiger partial charge in [0, 0.05) is 22.9 Å². The summed E-state index contributed by atoms with van der Waals surface area (Å²) in [6.07, 6.45) is 6.64. The zero-order valence-corrected chi connectivity index (χ0v) is 13.2. The molecule has 0 saturated carbocycles. The van der Waals surface area contributed by atoms with E-state index in [9.17, 15) is 9.59 Å². The van der Waals surface area contributed by atoms with Gasteiger partial charge in [0.15, 0.2) is 5.78 Å². The minimum Gasteiger partial charge on any atom is -0.481 e. The lowest BCUT2D eigenvalue weighted by molar-refractivity contribution is -0.137. The first-order valence-corrected chi connectivity index (χ1v) is 7.89. The number of ketones is 1. The second kappa shape index (κ2) is 9.70. The predicted molar refractivity (Wildman–Crippen MR) is 83.0 cm³/mol. The molecular formula is C16H21BrO3. The third kappa shape index (κ3) is 7.43. The molecule has 0 spiro atoms. The summed E-state index contributed by atoms with van der Waals surface area (Å²) >= 11 is 3.36. The highest BCUT2D eigenvalue weighted by molar-refractivity contribution is 9.10. The quantitative estimate of drug-likeness (QED) is 0.489. The summed E-state index contributed by atoms with van der Waals surface area (Å²) in [4.78, 5) is 22.2. The Morgan fingerprint density at radius 2 is 1.55 bits per heavy atom. The van der Waals surface area contributed by atoms with Gasteiger partial charge in [-0.1, -0.05) is 53.7 Å². The zero-order chi connectivity index (χ0) is 14.8. The van der Waals surface area contributed by atoms with Gasteiger partial charge in [0.25, 0.3) is 0 Å². The molecule has 1 N–H and O–H groups in total. The Hall–Kier alpha value is -1.16.